The van der Waals surface area contributed by atoms with Crippen LogP contribution in [-0.2, 0) is 10.3 Å². The van der Waals surface area contributed by atoms with Crippen LogP contribution in [0.5, 0.6) is 0 Å². The van der Waals surface area contributed by atoms with Crippen LogP contribution in [0.1, 0.15) is 58.1 Å². The van der Waals surface area contributed by atoms with Gasteiger partial charge in [0.25, 0.3) is 0 Å². The fourth-order valence-corrected chi connectivity index (χ4v) is 3.81. The lowest BCUT2D eigenvalue weighted by molar-refractivity contribution is -0.125. The number of nitrogens with one attached hydrogen (secondary N) is 1. The second-order valence-corrected chi connectivity index (χ2v) is 8.00. The maximum atomic E-state index is 12.7. The summed E-state index contributed by atoms with van der Waals surface area (Å²) in [5, 5.41) is 11.6. The highest BCUT2D eigenvalue weighted by molar-refractivity contribution is 5.85. The molecule has 0 spiro atoms. The fourth-order valence-electron chi connectivity index (χ4n) is 3.81. The molecular weight excluding hydrogens is 362 g/mol. The quantitative estimate of drug-likeness (QED) is 0.790. The highest BCUT2D eigenvalue weighted by Gasteiger charge is 2.35. The Kier molecular flexibility index (Phi) is 7.00. The van der Waals surface area contributed by atoms with Crippen LogP contribution in [-0.4, -0.2) is 27.4 Å². The van der Waals surface area contributed by atoms with Crippen LogP contribution in [0.15, 0.2) is 36.5 Å². The van der Waals surface area contributed by atoms with E-state index in [-0.39, 0.29) is 23.7 Å². The maximum absolute atomic E-state index is 12.7. The molecule has 1 aliphatic carbocycles. The Morgan fingerprint density at radius 3 is 2.52 bits per heavy atom. The highest BCUT2D eigenvalue weighted by atomic mass is 35.5. The van der Waals surface area contributed by atoms with E-state index in [1.54, 1.807) is 4.68 Å². The first-order valence-corrected chi connectivity index (χ1v) is 9.43. The third-order valence-corrected chi connectivity index (χ3v) is 5.49. The number of carbonyl (C=O) groups excluding carboxylic acids is 1. The molecule has 0 radical (unpaired) electrons. The number of hydrogen-bond donors (Lipinski definition) is 2. The van der Waals surface area contributed by atoms with Crippen LogP contribution in [0.25, 0.3) is 5.69 Å². The lowest BCUT2D eigenvalue weighted by Crippen LogP contribution is -2.45. The van der Waals surface area contributed by atoms with Gasteiger partial charge in [-0.05, 0) is 50.8 Å². The van der Waals surface area contributed by atoms with Crippen LogP contribution in [0.2, 0.25) is 0 Å². The summed E-state index contributed by atoms with van der Waals surface area (Å²) in [4.78, 5) is 12.7. The van der Waals surface area contributed by atoms with E-state index in [2.05, 4.69) is 15.6 Å². The second kappa shape index (κ2) is 8.85. The van der Waals surface area contributed by atoms with E-state index in [9.17, 15) is 4.79 Å². The molecule has 1 aliphatic rings. The number of nitrogens with zero attached hydrogens (tertiary/aromatic N) is 3. The van der Waals surface area contributed by atoms with Gasteiger partial charge in [-0.1, -0.05) is 42.7 Å². The van der Waals surface area contributed by atoms with Crippen molar-refractivity contribution < 1.29 is 4.79 Å². The zero-order valence-corrected chi connectivity index (χ0v) is 17.0. The predicted octanol–water partition coefficient (Wildman–Crippen LogP) is 3.34. The van der Waals surface area contributed by atoms with E-state index in [0.29, 0.717) is 13.0 Å². The van der Waals surface area contributed by atoms with Gasteiger partial charge in [0.1, 0.15) is 5.69 Å². The minimum Gasteiger partial charge on any atom is -0.345 e. The molecule has 2 aromatic rings. The van der Waals surface area contributed by atoms with E-state index in [4.69, 9.17) is 5.73 Å². The summed E-state index contributed by atoms with van der Waals surface area (Å²) >= 11 is 0. The van der Waals surface area contributed by atoms with Gasteiger partial charge in [0.2, 0.25) is 5.91 Å². The zero-order chi connectivity index (χ0) is 18.6. The molecule has 0 aliphatic heterocycles. The first-order valence-electron chi connectivity index (χ1n) is 9.43. The van der Waals surface area contributed by atoms with E-state index in [1.807, 2.05) is 50.4 Å². The van der Waals surface area contributed by atoms with E-state index < -0.39 is 5.54 Å². The fraction of sp³-hybridized carbons (Fsp3) is 0.550. The molecule has 0 atom stereocenters. The summed E-state index contributed by atoms with van der Waals surface area (Å²) in [5.74, 6) is 0.0385. The van der Waals surface area contributed by atoms with Gasteiger partial charge in [0.05, 0.1) is 17.4 Å². The highest BCUT2D eigenvalue weighted by Crippen LogP contribution is 2.38. The van der Waals surface area contributed by atoms with Gasteiger partial charge < -0.3 is 11.1 Å². The molecule has 148 valence electrons. The molecule has 0 unspecified atom stereocenters. The molecule has 0 bridgehead atoms. The van der Waals surface area contributed by atoms with Crippen molar-refractivity contribution in [2.45, 2.75) is 57.9 Å². The van der Waals surface area contributed by atoms with Gasteiger partial charge in [0, 0.05) is 6.42 Å². The monoisotopic (exact) mass is 391 g/mol. The van der Waals surface area contributed by atoms with Crippen molar-refractivity contribution in [2.75, 3.05) is 6.54 Å². The summed E-state index contributed by atoms with van der Waals surface area (Å²) in [7, 11) is 0. The first-order chi connectivity index (χ1) is 12.4. The number of amides is 1. The Morgan fingerprint density at radius 1 is 1.22 bits per heavy atom. The topological polar surface area (TPSA) is 85.8 Å². The molecule has 1 fully saturated rings. The zero-order valence-electron chi connectivity index (χ0n) is 16.1. The molecule has 0 saturated heterocycles. The van der Waals surface area contributed by atoms with Crippen LogP contribution >= 0.6 is 12.4 Å². The van der Waals surface area contributed by atoms with Crippen LogP contribution in [0, 0.1) is 5.41 Å². The van der Waals surface area contributed by atoms with Gasteiger partial charge in [-0.3, -0.25) is 4.79 Å². The maximum Gasteiger partial charge on any atom is 0.221 e. The second-order valence-electron chi connectivity index (χ2n) is 8.00. The number of carbonyl (C=O) groups is 1. The summed E-state index contributed by atoms with van der Waals surface area (Å²) in [6.07, 6.45) is 8.02. The van der Waals surface area contributed by atoms with Crippen molar-refractivity contribution in [3.05, 3.63) is 42.2 Å². The number of hydrogen-bond acceptors (Lipinski definition) is 4. The average Bonchev–Trinajstić information content (AvgIpc) is 3.14. The van der Waals surface area contributed by atoms with Gasteiger partial charge in [-0.15, -0.1) is 17.5 Å². The van der Waals surface area contributed by atoms with Crippen LogP contribution in [0.4, 0.5) is 0 Å². The molecule has 6 nitrogen and oxygen atoms in total. The average molecular weight is 392 g/mol. The lowest BCUT2D eigenvalue weighted by atomic mass is 9.71. The smallest absolute Gasteiger partial charge is 0.221 e. The lowest BCUT2D eigenvalue weighted by Gasteiger charge is -2.36. The number of aromatic nitrogens is 3. The van der Waals surface area contributed by atoms with E-state index >= 15 is 0 Å². The third-order valence-electron chi connectivity index (χ3n) is 5.49. The molecule has 1 aromatic carbocycles. The molecule has 1 heterocycles. The molecule has 27 heavy (non-hydrogen) atoms. The van der Waals surface area contributed by atoms with Crippen molar-refractivity contribution >= 4 is 18.3 Å². The Bertz CT molecular complexity index is 738. The van der Waals surface area contributed by atoms with Gasteiger partial charge in [0.15, 0.2) is 0 Å². The van der Waals surface area contributed by atoms with Crippen molar-refractivity contribution in [3.8, 4) is 5.69 Å². The largest absolute Gasteiger partial charge is 0.345 e. The Morgan fingerprint density at radius 2 is 1.89 bits per heavy atom. The SMILES string of the molecule is CC(C)(NC(=O)CC1(CN)CCCCC1)c1cn(-c2ccccc2)nn1.Cl. The molecule has 1 saturated carbocycles. The predicted molar refractivity (Wildman–Crippen MR) is 109 cm³/mol. The molecule has 1 amide bonds. The van der Waals surface area contributed by atoms with Crippen molar-refractivity contribution in [3.63, 3.8) is 0 Å². The van der Waals surface area contributed by atoms with Gasteiger partial charge >= 0.3 is 0 Å². The summed E-state index contributed by atoms with van der Waals surface area (Å²) < 4.78 is 1.73. The Balaban J connectivity index is 0.00000261. The minimum absolute atomic E-state index is 0. The number of nitrogens with two attached hydrogens (primary N) is 1. The molecule has 3 N–H and O–H groups in total. The van der Waals surface area contributed by atoms with Gasteiger partial charge in [-0.2, -0.15) is 0 Å². The first kappa shape index (κ1) is 21.4. The minimum atomic E-state index is -0.589. The van der Waals surface area contributed by atoms with Crippen LogP contribution in [0.3, 0.4) is 0 Å². The normalized spacial score (nSPS) is 16.4. The standard InChI is InChI=1S/C20H29N5O.ClH/c1-19(2,17-14-25(24-23-17)16-9-5-3-6-10-16)22-18(26)13-20(15-21)11-7-4-8-12-20;/h3,5-6,9-10,14H,4,7-8,11-13,15,21H2,1-2H3,(H,22,26);1H. The van der Waals surface area contributed by atoms with E-state index in [1.165, 1.54) is 19.3 Å². The van der Waals surface area contributed by atoms with E-state index in [0.717, 1.165) is 24.2 Å². The summed E-state index contributed by atoms with van der Waals surface area (Å²) in [6.45, 7) is 4.49. The van der Waals surface area contributed by atoms with Crippen molar-refractivity contribution in [1.29, 1.82) is 0 Å². The number of para-hydroxylation sites is 1. The molecular formula is C20H30ClN5O. The van der Waals surface area contributed by atoms with Crippen molar-refractivity contribution in [2.24, 2.45) is 11.1 Å². The summed E-state index contributed by atoms with van der Waals surface area (Å²) in [5.41, 5.74) is 7.07. The Hall–Kier alpha value is -1.92. The Labute approximate surface area is 167 Å². The van der Waals surface area contributed by atoms with Crippen molar-refractivity contribution in [1.82, 2.24) is 20.3 Å². The number of benzene rings is 1. The molecule has 3 rings (SSSR count). The third kappa shape index (κ3) is 5.08. The molecule has 1 aromatic heterocycles. The number of rotatable bonds is 6. The van der Waals surface area contributed by atoms with Gasteiger partial charge in [-0.25, -0.2) is 4.68 Å². The van der Waals surface area contributed by atoms with Crippen LogP contribution < -0.4 is 11.1 Å². The molecule has 7 heteroatoms. The summed E-state index contributed by atoms with van der Waals surface area (Å²) in [6, 6.07) is 9.82. The number of halogens is 1.